The topological polar surface area (TPSA) is 68.3 Å². The van der Waals surface area contributed by atoms with Gasteiger partial charge in [0.25, 0.3) is 0 Å². The second kappa shape index (κ2) is 10.8. The van der Waals surface area contributed by atoms with Crippen LogP contribution in [0.25, 0.3) is 10.8 Å². The Morgan fingerprint density at radius 3 is 2.34 bits per heavy atom. The van der Waals surface area contributed by atoms with Gasteiger partial charge in [-0.3, -0.25) is 9.69 Å². The number of esters is 2. The highest BCUT2D eigenvalue weighted by atomic mass is 16.6. The van der Waals surface area contributed by atoms with E-state index < -0.39 is 11.5 Å². The zero-order chi connectivity index (χ0) is 23.1. The Balaban J connectivity index is 2.10. The number of likely N-dealkylation sites (N-methyl/N-ethyl adjacent to an activating group) is 1. The molecule has 1 fully saturated rings. The normalized spacial score (nSPS) is 17.0. The number of rotatable bonds is 9. The van der Waals surface area contributed by atoms with Crippen LogP contribution in [0.4, 0.5) is 0 Å². The van der Waals surface area contributed by atoms with Gasteiger partial charge >= 0.3 is 11.9 Å². The molecule has 174 valence electrons. The lowest BCUT2D eigenvalue weighted by Gasteiger charge is -2.45. The van der Waals surface area contributed by atoms with Gasteiger partial charge in [-0.15, -0.1) is 0 Å². The molecule has 0 saturated carbocycles. The summed E-state index contributed by atoms with van der Waals surface area (Å²) in [6.45, 7) is 6.64. The minimum atomic E-state index is -1.20. The number of piperazine rings is 1. The molecule has 1 aliphatic heterocycles. The summed E-state index contributed by atoms with van der Waals surface area (Å²) in [6, 6.07) is 11.7. The Bertz CT molecular complexity index is 939. The van der Waals surface area contributed by atoms with E-state index in [1.54, 1.807) is 7.11 Å². The van der Waals surface area contributed by atoms with E-state index in [4.69, 9.17) is 14.2 Å². The zero-order valence-corrected chi connectivity index (χ0v) is 19.6. The van der Waals surface area contributed by atoms with Crippen molar-refractivity contribution in [3.05, 3.63) is 42.0 Å². The molecule has 7 nitrogen and oxygen atoms in total. The quantitative estimate of drug-likeness (QED) is 0.436. The third kappa shape index (κ3) is 5.22. The van der Waals surface area contributed by atoms with Gasteiger partial charge in [0.05, 0.1) is 13.7 Å². The van der Waals surface area contributed by atoms with E-state index in [2.05, 4.69) is 23.8 Å². The van der Waals surface area contributed by atoms with Crippen molar-refractivity contribution in [3.63, 3.8) is 0 Å². The number of benzene rings is 2. The maximum absolute atomic E-state index is 13.7. The van der Waals surface area contributed by atoms with E-state index in [0.717, 1.165) is 48.0 Å². The Hall–Kier alpha value is -2.64. The van der Waals surface area contributed by atoms with Crippen LogP contribution in [0.15, 0.2) is 36.4 Å². The monoisotopic (exact) mass is 442 g/mol. The number of nitrogens with zero attached hydrogens (tertiary/aromatic N) is 2. The molecule has 3 rings (SSSR count). The molecule has 1 aliphatic rings. The molecule has 2 aromatic rings. The van der Waals surface area contributed by atoms with Gasteiger partial charge in [0, 0.05) is 33.1 Å². The summed E-state index contributed by atoms with van der Waals surface area (Å²) < 4.78 is 16.6. The molecule has 2 aromatic carbocycles. The molecule has 0 aliphatic carbocycles. The van der Waals surface area contributed by atoms with Crippen LogP contribution in [-0.2, 0) is 24.6 Å². The van der Waals surface area contributed by atoms with E-state index in [1.165, 1.54) is 6.92 Å². The Kier molecular flexibility index (Phi) is 8.10. The molecular weight excluding hydrogens is 408 g/mol. The van der Waals surface area contributed by atoms with Crippen LogP contribution in [-0.4, -0.2) is 75.3 Å². The van der Waals surface area contributed by atoms with E-state index in [9.17, 15) is 9.59 Å². The maximum Gasteiger partial charge on any atom is 0.334 e. The van der Waals surface area contributed by atoms with Gasteiger partial charge in [-0.1, -0.05) is 31.5 Å². The maximum atomic E-state index is 13.7. The molecule has 0 N–H and O–H groups in total. The van der Waals surface area contributed by atoms with Crippen LogP contribution in [0, 0.1) is 0 Å². The molecule has 7 heteroatoms. The van der Waals surface area contributed by atoms with Crippen molar-refractivity contribution in [2.45, 2.75) is 32.2 Å². The first-order chi connectivity index (χ1) is 15.4. The van der Waals surface area contributed by atoms with Gasteiger partial charge in [-0.05, 0) is 48.0 Å². The van der Waals surface area contributed by atoms with Crippen molar-refractivity contribution in [1.82, 2.24) is 9.80 Å². The molecule has 1 heterocycles. The minimum Gasteiger partial charge on any atom is -0.497 e. The number of carbonyl (C=O) groups excluding carboxylic acids is 2. The fourth-order valence-corrected chi connectivity index (χ4v) is 4.09. The molecule has 32 heavy (non-hydrogen) atoms. The number of unbranched alkanes of at least 4 members (excludes halogenated alkanes) is 1. The first kappa shape index (κ1) is 24.0. The molecule has 1 atom stereocenters. The average molecular weight is 443 g/mol. The van der Waals surface area contributed by atoms with Crippen LogP contribution in [0.3, 0.4) is 0 Å². The summed E-state index contributed by atoms with van der Waals surface area (Å²) in [6.07, 6.45) is 1.71. The lowest BCUT2D eigenvalue weighted by Crippen LogP contribution is -2.61. The predicted molar refractivity (Wildman–Crippen MR) is 124 cm³/mol. The van der Waals surface area contributed by atoms with E-state index in [0.29, 0.717) is 19.7 Å². The highest BCUT2D eigenvalue weighted by molar-refractivity contribution is 5.89. The van der Waals surface area contributed by atoms with Gasteiger partial charge in [-0.25, -0.2) is 4.79 Å². The largest absolute Gasteiger partial charge is 0.497 e. The fourth-order valence-electron chi connectivity index (χ4n) is 4.09. The number of methoxy groups -OCH3 is 1. The summed E-state index contributed by atoms with van der Waals surface area (Å²) >= 11 is 0. The summed E-state index contributed by atoms with van der Waals surface area (Å²) in [5, 5.41) is 1.98. The number of hydrogen-bond donors (Lipinski definition) is 0. The predicted octanol–water partition coefficient (Wildman–Crippen LogP) is 3.20. The second-order valence-corrected chi connectivity index (χ2v) is 8.35. The van der Waals surface area contributed by atoms with Crippen LogP contribution in [0.2, 0.25) is 0 Å². The highest BCUT2D eigenvalue weighted by Crippen LogP contribution is 2.35. The number of ether oxygens (including phenoxy) is 3. The van der Waals surface area contributed by atoms with E-state index >= 15 is 0 Å². The van der Waals surface area contributed by atoms with E-state index in [1.807, 2.05) is 36.4 Å². The van der Waals surface area contributed by atoms with Crippen LogP contribution >= 0.6 is 0 Å². The molecule has 0 amide bonds. The van der Waals surface area contributed by atoms with Crippen molar-refractivity contribution in [2.24, 2.45) is 0 Å². The second-order valence-electron chi connectivity index (χ2n) is 8.35. The van der Waals surface area contributed by atoms with Crippen molar-refractivity contribution < 1.29 is 23.8 Å². The van der Waals surface area contributed by atoms with Crippen molar-refractivity contribution in [3.8, 4) is 5.75 Å². The van der Waals surface area contributed by atoms with Crippen LogP contribution in [0.5, 0.6) is 5.75 Å². The van der Waals surface area contributed by atoms with Crippen molar-refractivity contribution >= 4 is 22.7 Å². The summed E-state index contributed by atoms with van der Waals surface area (Å²) in [7, 11) is 3.70. The third-order valence-corrected chi connectivity index (χ3v) is 6.12. The first-order valence-corrected chi connectivity index (χ1v) is 11.2. The molecule has 0 aromatic heterocycles. The number of hydrogen-bond acceptors (Lipinski definition) is 7. The zero-order valence-electron chi connectivity index (χ0n) is 19.6. The van der Waals surface area contributed by atoms with Crippen molar-refractivity contribution in [2.75, 3.05) is 53.6 Å². The molecule has 1 saturated heterocycles. The highest BCUT2D eigenvalue weighted by Gasteiger charge is 2.49. The number of carbonyl (C=O) groups is 2. The minimum absolute atomic E-state index is 0.0847. The lowest BCUT2D eigenvalue weighted by atomic mass is 9.86. The summed E-state index contributed by atoms with van der Waals surface area (Å²) in [5.41, 5.74) is -0.433. The van der Waals surface area contributed by atoms with Gasteiger partial charge in [-0.2, -0.15) is 0 Å². The Labute approximate surface area is 190 Å². The van der Waals surface area contributed by atoms with Crippen LogP contribution in [0.1, 0.15) is 32.3 Å². The lowest BCUT2D eigenvalue weighted by molar-refractivity contribution is -0.169. The van der Waals surface area contributed by atoms with Crippen molar-refractivity contribution in [1.29, 1.82) is 0 Å². The molecule has 0 spiro atoms. The third-order valence-electron chi connectivity index (χ3n) is 6.12. The fraction of sp³-hybridized carbons (Fsp3) is 0.520. The SMILES string of the molecule is CCCCOC(=O)C(COC(C)=O)(c1ccc2cc(OC)ccc2c1)N1CCN(C)CC1. The molecule has 0 radical (unpaired) electrons. The van der Waals surface area contributed by atoms with Crippen LogP contribution < -0.4 is 4.74 Å². The summed E-state index contributed by atoms with van der Waals surface area (Å²) in [4.78, 5) is 29.8. The smallest absolute Gasteiger partial charge is 0.334 e. The number of fused-ring (bicyclic) bond motifs is 1. The average Bonchev–Trinajstić information content (AvgIpc) is 2.80. The Morgan fingerprint density at radius 1 is 1.00 bits per heavy atom. The molecule has 1 unspecified atom stereocenters. The summed E-state index contributed by atoms with van der Waals surface area (Å²) in [5.74, 6) is -0.0190. The van der Waals surface area contributed by atoms with Gasteiger partial charge in [0.15, 0.2) is 5.54 Å². The Morgan fingerprint density at radius 2 is 1.69 bits per heavy atom. The first-order valence-electron chi connectivity index (χ1n) is 11.2. The molecule has 0 bridgehead atoms. The van der Waals surface area contributed by atoms with Gasteiger partial charge < -0.3 is 19.1 Å². The van der Waals surface area contributed by atoms with Gasteiger partial charge in [0.2, 0.25) is 0 Å². The standard InChI is InChI=1S/C25H34N2O5/c1-5-6-15-31-24(29)25(18-32-19(2)28,27-13-11-26(3)12-14-27)22-9-7-21-17-23(30-4)10-8-20(21)16-22/h7-10,16-17H,5-6,11-15,18H2,1-4H3. The van der Waals surface area contributed by atoms with E-state index in [-0.39, 0.29) is 12.6 Å². The molecular formula is C25H34N2O5. The van der Waals surface area contributed by atoms with Gasteiger partial charge in [0.1, 0.15) is 12.4 Å².